The van der Waals surface area contributed by atoms with Crippen molar-refractivity contribution in [1.82, 2.24) is 25.0 Å². The molecular weight excluding hydrogens is 511 g/mol. The zero-order valence-electron chi connectivity index (χ0n) is 17.3. The fraction of sp³-hybridized carbons (Fsp3) is 0.706. The van der Waals surface area contributed by atoms with Crippen molar-refractivity contribution >= 4 is 45.9 Å². The van der Waals surface area contributed by atoms with Crippen molar-refractivity contribution in [2.45, 2.75) is 26.5 Å². The van der Waals surface area contributed by atoms with Crippen LogP contribution in [0.3, 0.4) is 0 Å². The van der Waals surface area contributed by atoms with Gasteiger partial charge in [-0.25, -0.2) is 8.42 Å². The number of hydrogen-bond donors (Lipinski definition) is 2. The van der Waals surface area contributed by atoms with E-state index in [1.807, 2.05) is 25.7 Å². The molecule has 10 nitrogen and oxygen atoms in total. The summed E-state index contributed by atoms with van der Waals surface area (Å²) >= 11 is 0. The van der Waals surface area contributed by atoms with Crippen LogP contribution in [0, 0.1) is 5.41 Å². The van der Waals surface area contributed by atoms with Gasteiger partial charge in [0.05, 0.1) is 5.69 Å². The highest BCUT2D eigenvalue weighted by atomic mass is 127. The summed E-state index contributed by atoms with van der Waals surface area (Å²) in [6.07, 6.45) is 1.36. The van der Waals surface area contributed by atoms with Gasteiger partial charge in [0, 0.05) is 57.8 Å². The Morgan fingerprint density at radius 3 is 2.34 bits per heavy atom. The van der Waals surface area contributed by atoms with E-state index in [-0.39, 0.29) is 35.6 Å². The summed E-state index contributed by atoms with van der Waals surface area (Å²) in [5, 5.41) is 9.76. The minimum Gasteiger partial charge on any atom is -0.364 e. The highest BCUT2D eigenvalue weighted by Crippen LogP contribution is 2.13. The number of nitrogens with one attached hydrogen (secondary N) is 2. The Balaban J connectivity index is 0.00000420. The third-order valence-corrected chi connectivity index (χ3v) is 6.15. The van der Waals surface area contributed by atoms with Crippen LogP contribution in [0.15, 0.2) is 21.8 Å². The smallest absolute Gasteiger partial charge is 0.225 e. The molecule has 0 aliphatic carbocycles. The second-order valence-corrected chi connectivity index (χ2v) is 9.58. The van der Waals surface area contributed by atoms with E-state index >= 15 is 0 Å². The highest BCUT2D eigenvalue weighted by molar-refractivity contribution is 14.0. The second kappa shape index (κ2) is 11.1. The molecule has 1 aromatic rings. The summed E-state index contributed by atoms with van der Waals surface area (Å²) in [6, 6.07) is 1.55. The van der Waals surface area contributed by atoms with Gasteiger partial charge in [-0.05, 0) is 0 Å². The third kappa shape index (κ3) is 7.74. The number of guanidine groups is 1. The zero-order valence-corrected chi connectivity index (χ0v) is 20.5. The molecule has 0 unspecified atom stereocenters. The Kier molecular flexibility index (Phi) is 9.82. The molecule has 0 atom stereocenters. The van der Waals surface area contributed by atoms with E-state index in [4.69, 9.17) is 4.52 Å². The monoisotopic (exact) mass is 542 g/mol. The van der Waals surface area contributed by atoms with Crippen LogP contribution < -0.4 is 10.6 Å². The van der Waals surface area contributed by atoms with Gasteiger partial charge in [0.25, 0.3) is 0 Å². The zero-order chi connectivity index (χ0) is 20.8. The fourth-order valence-electron chi connectivity index (χ4n) is 2.72. The molecule has 12 heteroatoms. The first-order chi connectivity index (χ1) is 13.1. The van der Waals surface area contributed by atoms with E-state index < -0.39 is 15.4 Å². The molecule has 2 heterocycles. The molecule has 0 spiro atoms. The SMILES string of the molecule is CN=C(NCCNC(=O)C(C)(C)C)N1CCN(S(=O)(=O)Cc2ccon2)CC1.I. The van der Waals surface area contributed by atoms with Crippen molar-refractivity contribution in [3.63, 3.8) is 0 Å². The number of piperazine rings is 1. The van der Waals surface area contributed by atoms with E-state index in [0.717, 1.165) is 0 Å². The van der Waals surface area contributed by atoms with Crippen LogP contribution >= 0.6 is 24.0 Å². The van der Waals surface area contributed by atoms with Gasteiger partial charge < -0.3 is 20.1 Å². The Hall–Kier alpha value is -1.41. The standard InChI is InChI=1S/C17H30N6O4S.HI/c1-17(2,3)15(24)19-6-7-20-16(18-4)22-8-10-23(11-9-22)28(25,26)13-14-5-12-27-21-14;/h5,12H,6-11,13H2,1-4H3,(H,18,20)(H,19,24);1H. The highest BCUT2D eigenvalue weighted by Gasteiger charge is 2.29. The molecule has 1 aliphatic heterocycles. The van der Waals surface area contributed by atoms with Crippen LogP contribution in [0.5, 0.6) is 0 Å². The van der Waals surface area contributed by atoms with Crippen LogP contribution in [-0.2, 0) is 20.6 Å². The number of aliphatic imine (C=N–C) groups is 1. The van der Waals surface area contributed by atoms with Gasteiger partial charge in [-0.3, -0.25) is 9.79 Å². The van der Waals surface area contributed by atoms with E-state index in [0.29, 0.717) is 50.9 Å². The molecule has 0 radical (unpaired) electrons. The summed E-state index contributed by atoms with van der Waals surface area (Å²) in [6.45, 7) is 8.45. The summed E-state index contributed by atoms with van der Waals surface area (Å²) in [4.78, 5) is 18.1. The van der Waals surface area contributed by atoms with Gasteiger partial charge >= 0.3 is 0 Å². The number of nitrogens with zero attached hydrogens (tertiary/aromatic N) is 4. The molecule has 2 N–H and O–H groups in total. The summed E-state index contributed by atoms with van der Waals surface area (Å²) in [5.74, 6) is 0.526. The number of rotatable bonds is 6. The molecule has 2 rings (SSSR count). The van der Waals surface area contributed by atoms with Crippen molar-refractivity contribution in [3.05, 3.63) is 18.0 Å². The summed E-state index contributed by atoms with van der Waals surface area (Å²) in [5.41, 5.74) is -0.0210. The molecule has 1 amide bonds. The average molecular weight is 542 g/mol. The number of hydrogen-bond acceptors (Lipinski definition) is 6. The Labute approximate surface area is 189 Å². The summed E-state index contributed by atoms with van der Waals surface area (Å²) in [7, 11) is -1.75. The van der Waals surface area contributed by atoms with Gasteiger partial charge in [0.2, 0.25) is 15.9 Å². The lowest BCUT2D eigenvalue weighted by atomic mass is 9.96. The topological polar surface area (TPSA) is 120 Å². The van der Waals surface area contributed by atoms with Crippen LogP contribution in [-0.4, -0.2) is 81.0 Å². The van der Waals surface area contributed by atoms with Crippen LogP contribution in [0.2, 0.25) is 0 Å². The lowest BCUT2D eigenvalue weighted by molar-refractivity contribution is -0.128. The fourth-order valence-corrected chi connectivity index (χ4v) is 4.14. The first-order valence-corrected chi connectivity index (χ1v) is 10.9. The maximum absolute atomic E-state index is 12.5. The van der Waals surface area contributed by atoms with Crippen molar-refractivity contribution in [1.29, 1.82) is 0 Å². The Bertz CT molecular complexity index is 768. The predicted molar refractivity (Wildman–Crippen MR) is 122 cm³/mol. The quantitative estimate of drug-likeness (QED) is 0.232. The molecule has 166 valence electrons. The maximum atomic E-state index is 12.5. The number of carbonyl (C=O) groups excluding carboxylic acids is 1. The van der Waals surface area contributed by atoms with Crippen molar-refractivity contribution in [3.8, 4) is 0 Å². The van der Waals surface area contributed by atoms with Crippen molar-refractivity contribution < 1.29 is 17.7 Å². The minimum absolute atomic E-state index is 0. The van der Waals surface area contributed by atoms with Crippen LogP contribution in [0.25, 0.3) is 0 Å². The van der Waals surface area contributed by atoms with E-state index in [2.05, 4.69) is 20.8 Å². The van der Waals surface area contributed by atoms with Gasteiger partial charge in [0.1, 0.15) is 12.0 Å². The van der Waals surface area contributed by atoms with Gasteiger partial charge in [-0.2, -0.15) is 4.31 Å². The molecule has 1 aromatic heterocycles. The first-order valence-electron chi connectivity index (χ1n) is 9.24. The van der Waals surface area contributed by atoms with E-state index in [9.17, 15) is 13.2 Å². The number of sulfonamides is 1. The van der Waals surface area contributed by atoms with Gasteiger partial charge in [-0.15, -0.1) is 24.0 Å². The number of amides is 1. The van der Waals surface area contributed by atoms with Crippen LogP contribution in [0.1, 0.15) is 26.5 Å². The molecule has 1 aliphatic rings. The second-order valence-electron chi connectivity index (χ2n) is 7.61. The summed E-state index contributed by atoms with van der Waals surface area (Å²) < 4.78 is 31.2. The first kappa shape index (κ1) is 25.6. The van der Waals surface area contributed by atoms with Gasteiger partial charge in [0.15, 0.2) is 5.96 Å². The number of carbonyl (C=O) groups is 1. The third-order valence-electron chi connectivity index (χ3n) is 4.34. The molecule has 29 heavy (non-hydrogen) atoms. The number of aromatic nitrogens is 1. The minimum atomic E-state index is -3.43. The lowest BCUT2D eigenvalue weighted by Gasteiger charge is -2.35. The molecule has 1 fully saturated rings. The Morgan fingerprint density at radius 2 is 1.83 bits per heavy atom. The van der Waals surface area contributed by atoms with Crippen LogP contribution in [0.4, 0.5) is 0 Å². The largest absolute Gasteiger partial charge is 0.364 e. The lowest BCUT2D eigenvalue weighted by Crippen LogP contribution is -2.54. The molecule has 0 bridgehead atoms. The average Bonchev–Trinajstić information content (AvgIpc) is 3.13. The van der Waals surface area contributed by atoms with Gasteiger partial charge in [-0.1, -0.05) is 25.9 Å². The Morgan fingerprint density at radius 1 is 1.21 bits per heavy atom. The van der Waals surface area contributed by atoms with E-state index in [1.54, 1.807) is 13.1 Å². The molecule has 0 saturated carbocycles. The number of halogens is 1. The predicted octanol–water partition coefficient (Wildman–Crippen LogP) is 0.478. The normalized spacial score (nSPS) is 16.3. The van der Waals surface area contributed by atoms with E-state index in [1.165, 1.54) is 10.6 Å². The van der Waals surface area contributed by atoms with Crippen molar-refractivity contribution in [2.24, 2.45) is 10.4 Å². The maximum Gasteiger partial charge on any atom is 0.225 e. The van der Waals surface area contributed by atoms with Crippen molar-refractivity contribution in [2.75, 3.05) is 46.3 Å². The molecular formula is C17H31IN6O4S. The molecule has 1 saturated heterocycles. The molecule has 0 aromatic carbocycles.